The van der Waals surface area contributed by atoms with Gasteiger partial charge in [-0.25, -0.2) is 0 Å². The first-order valence-corrected chi connectivity index (χ1v) is 5.61. The summed E-state index contributed by atoms with van der Waals surface area (Å²) in [6, 6.07) is 0. The van der Waals surface area contributed by atoms with E-state index in [1.165, 1.54) is 0 Å². The van der Waals surface area contributed by atoms with E-state index in [4.69, 9.17) is 10.3 Å². The van der Waals surface area contributed by atoms with Gasteiger partial charge in [0.05, 0.1) is 5.75 Å². The Kier molecular flexibility index (Phi) is 4.85. The fraction of sp³-hybridized carbons (Fsp3) is 0.750. The number of hydrogen-bond acceptors (Lipinski definition) is 5. The van der Waals surface area contributed by atoms with E-state index in [0.717, 1.165) is 30.2 Å². The minimum absolute atomic E-state index is 0.695. The molecule has 0 spiro atoms. The van der Waals surface area contributed by atoms with Gasteiger partial charge < -0.3 is 10.3 Å². The van der Waals surface area contributed by atoms with Gasteiger partial charge in [0.15, 0.2) is 5.82 Å². The molecule has 1 aromatic heterocycles. The molecule has 0 amide bonds. The molecule has 0 radical (unpaired) electrons. The highest BCUT2D eigenvalue weighted by Gasteiger charge is 2.04. The second kappa shape index (κ2) is 5.99. The van der Waals surface area contributed by atoms with Crippen molar-refractivity contribution in [2.45, 2.75) is 25.5 Å². The van der Waals surface area contributed by atoms with Gasteiger partial charge in [-0.1, -0.05) is 12.1 Å². The first-order valence-electron chi connectivity index (χ1n) is 4.46. The van der Waals surface area contributed by atoms with Gasteiger partial charge in [0.25, 0.3) is 0 Å². The van der Waals surface area contributed by atoms with Gasteiger partial charge in [0.2, 0.25) is 5.89 Å². The van der Waals surface area contributed by atoms with Crippen molar-refractivity contribution in [1.29, 1.82) is 0 Å². The van der Waals surface area contributed by atoms with Crippen molar-refractivity contribution >= 4 is 11.8 Å². The Labute approximate surface area is 82.3 Å². The summed E-state index contributed by atoms with van der Waals surface area (Å²) in [5.74, 6) is 3.23. The maximum Gasteiger partial charge on any atom is 0.236 e. The molecule has 13 heavy (non-hydrogen) atoms. The summed E-state index contributed by atoms with van der Waals surface area (Å²) in [6.45, 7) is 2.79. The Hall–Kier alpha value is -0.550. The van der Waals surface area contributed by atoms with Crippen LogP contribution in [0.25, 0.3) is 0 Å². The summed E-state index contributed by atoms with van der Waals surface area (Å²) in [5, 5.41) is 3.85. The van der Waals surface area contributed by atoms with Crippen LogP contribution in [-0.2, 0) is 12.2 Å². The van der Waals surface area contributed by atoms with Crippen molar-refractivity contribution < 1.29 is 4.52 Å². The lowest BCUT2D eigenvalue weighted by Gasteiger charge is -1.91. The number of rotatable bonds is 6. The van der Waals surface area contributed by atoms with Gasteiger partial charge in [-0.3, -0.25) is 0 Å². The van der Waals surface area contributed by atoms with E-state index in [9.17, 15) is 0 Å². The molecule has 74 valence electrons. The topological polar surface area (TPSA) is 64.9 Å². The molecule has 0 unspecified atom stereocenters. The van der Waals surface area contributed by atoms with E-state index in [2.05, 4.69) is 17.1 Å². The zero-order valence-corrected chi connectivity index (χ0v) is 8.64. The third-order valence-corrected chi connectivity index (χ3v) is 2.45. The highest BCUT2D eigenvalue weighted by Crippen LogP contribution is 2.09. The molecule has 0 aliphatic heterocycles. The molecule has 2 N–H and O–H groups in total. The molecular formula is C8H15N3OS. The maximum absolute atomic E-state index is 5.36. The van der Waals surface area contributed by atoms with Crippen molar-refractivity contribution in [1.82, 2.24) is 10.1 Å². The average molecular weight is 201 g/mol. The van der Waals surface area contributed by atoms with Gasteiger partial charge in [-0.05, 0) is 6.42 Å². The predicted molar refractivity (Wildman–Crippen MR) is 53.5 cm³/mol. The van der Waals surface area contributed by atoms with Crippen LogP contribution in [0.3, 0.4) is 0 Å². The first kappa shape index (κ1) is 10.5. The second-order valence-corrected chi connectivity index (χ2v) is 3.80. The maximum atomic E-state index is 5.36. The molecule has 0 atom stereocenters. The summed E-state index contributed by atoms with van der Waals surface area (Å²) in [7, 11) is 0. The molecule has 1 heterocycles. The van der Waals surface area contributed by atoms with E-state index in [-0.39, 0.29) is 0 Å². The summed E-state index contributed by atoms with van der Waals surface area (Å²) in [6.07, 6.45) is 1.94. The molecule has 0 fully saturated rings. The number of aromatic nitrogens is 2. The molecule has 0 aliphatic carbocycles. The average Bonchev–Trinajstić information content (AvgIpc) is 2.54. The minimum Gasteiger partial charge on any atom is -0.338 e. The van der Waals surface area contributed by atoms with Crippen LogP contribution < -0.4 is 5.73 Å². The van der Waals surface area contributed by atoms with Gasteiger partial charge >= 0.3 is 0 Å². The summed E-state index contributed by atoms with van der Waals surface area (Å²) < 4.78 is 5.04. The molecule has 0 saturated carbocycles. The van der Waals surface area contributed by atoms with E-state index < -0.39 is 0 Å². The summed E-state index contributed by atoms with van der Waals surface area (Å²) >= 11 is 1.72. The third kappa shape index (κ3) is 3.78. The molecule has 0 bridgehead atoms. The van der Waals surface area contributed by atoms with Crippen LogP contribution in [0.4, 0.5) is 0 Å². The smallest absolute Gasteiger partial charge is 0.236 e. The summed E-state index contributed by atoms with van der Waals surface area (Å²) in [4.78, 5) is 4.23. The lowest BCUT2D eigenvalue weighted by atomic mass is 10.3. The third-order valence-electron chi connectivity index (χ3n) is 1.47. The molecule has 0 aromatic carbocycles. The Balaban J connectivity index is 2.31. The lowest BCUT2D eigenvalue weighted by molar-refractivity contribution is 0.384. The zero-order valence-electron chi connectivity index (χ0n) is 7.82. The normalized spacial score (nSPS) is 10.6. The lowest BCUT2D eigenvalue weighted by Crippen LogP contribution is -2.01. The second-order valence-electron chi connectivity index (χ2n) is 2.70. The van der Waals surface area contributed by atoms with Crippen molar-refractivity contribution in [3.63, 3.8) is 0 Å². The predicted octanol–water partition coefficient (Wildman–Crippen LogP) is 1.21. The van der Waals surface area contributed by atoms with Crippen LogP contribution in [0.15, 0.2) is 4.52 Å². The van der Waals surface area contributed by atoms with Crippen LogP contribution in [0.2, 0.25) is 0 Å². The molecule has 0 aliphatic rings. The quantitative estimate of drug-likeness (QED) is 0.701. The summed E-state index contributed by atoms with van der Waals surface area (Å²) in [5.41, 5.74) is 5.36. The van der Waals surface area contributed by atoms with Crippen LogP contribution >= 0.6 is 11.8 Å². The Morgan fingerprint density at radius 2 is 2.38 bits per heavy atom. The Morgan fingerprint density at radius 1 is 1.54 bits per heavy atom. The molecular weight excluding hydrogens is 186 g/mol. The van der Waals surface area contributed by atoms with Gasteiger partial charge in [0, 0.05) is 18.7 Å². The highest BCUT2D eigenvalue weighted by molar-refractivity contribution is 7.98. The van der Waals surface area contributed by atoms with Gasteiger partial charge in [0.1, 0.15) is 0 Å². The molecule has 5 heteroatoms. The van der Waals surface area contributed by atoms with E-state index in [1.807, 2.05) is 0 Å². The van der Waals surface area contributed by atoms with Crippen LogP contribution in [0, 0.1) is 0 Å². The fourth-order valence-corrected chi connectivity index (χ4v) is 1.52. The molecule has 1 aromatic rings. The van der Waals surface area contributed by atoms with E-state index in [0.29, 0.717) is 12.4 Å². The standard InChI is InChI=1S/C8H15N3OS/c1-2-3-7-10-8(12-11-7)6-13-5-4-9/h2-6,9H2,1H3. The van der Waals surface area contributed by atoms with Gasteiger partial charge in [-0.15, -0.1) is 0 Å². The number of thioether (sulfide) groups is 1. The molecule has 0 saturated heterocycles. The number of aryl methyl sites for hydroxylation is 1. The molecule has 4 nitrogen and oxygen atoms in total. The first-order chi connectivity index (χ1) is 6.36. The van der Waals surface area contributed by atoms with E-state index in [1.54, 1.807) is 11.8 Å². The van der Waals surface area contributed by atoms with Crippen molar-refractivity contribution in [3.8, 4) is 0 Å². The van der Waals surface area contributed by atoms with E-state index >= 15 is 0 Å². The highest BCUT2D eigenvalue weighted by atomic mass is 32.2. The fourth-order valence-electron chi connectivity index (χ4n) is 0.917. The molecule has 1 rings (SSSR count). The SMILES string of the molecule is CCCc1noc(CSCCN)n1. The van der Waals surface area contributed by atoms with Crippen molar-refractivity contribution in [2.75, 3.05) is 12.3 Å². The van der Waals surface area contributed by atoms with Crippen LogP contribution in [0.1, 0.15) is 25.1 Å². The van der Waals surface area contributed by atoms with Crippen molar-refractivity contribution in [2.24, 2.45) is 5.73 Å². The van der Waals surface area contributed by atoms with Gasteiger partial charge in [-0.2, -0.15) is 16.7 Å². The van der Waals surface area contributed by atoms with Crippen molar-refractivity contribution in [3.05, 3.63) is 11.7 Å². The minimum atomic E-state index is 0.695. The zero-order chi connectivity index (χ0) is 9.52. The van der Waals surface area contributed by atoms with Crippen LogP contribution in [0.5, 0.6) is 0 Å². The Bertz CT molecular complexity index is 239. The Morgan fingerprint density at radius 3 is 3.08 bits per heavy atom. The number of hydrogen-bond donors (Lipinski definition) is 1. The van der Waals surface area contributed by atoms with Crippen LogP contribution in [-0.4, -0.2) is 22.4 Å². The number of nitrogens with two attached hydrogens (primary N) is 1. The monoisotopic (exact) mass is 201 g/mol. The largest absolute Gasteiger partial charge is 0.338 e. The number of nitrogens with zero attached hydrogens (tertiary/aromatic N) is 2.